The van der Waals surface area contributed by atoms with Crippen LogP contribution < -0.4 is 20.1 Å². The van der Waals surface area contributed by atoms with Crippen LogP contribution in [-0.2, 0) is 20.1 Å². The van der Waals surface area contributed by atoms with Gasteiger partial charge < -0.3 is 20.1 Å². The Balaban J connectivity index is 1.64. The Morgan fingerprint density at radius 2 is 2.00 bits per heavy atom. The lowest BCUT2D eigenvalue weighted by Gasteiger charge is -2.20. The minimum atomic E-state index is 0.280. The molecule has 0 amide bonds. The zero-order valence-corrected chi connectivity index (χ0v) is 16.4. The number of aromatic nitrogens is 2. The number of para-hydroxylation sites is 1. The summed E-state index contributed by atoms with van der Waals surface area (Å²) in [5.41, 5.74) is 2.15. The SMILES string of the molecule is CN=C(NCc1cccc(OC)c1OC1CCCC1)NCc1ccnn1C. The lowest BCUT2D eigenvalue weighted by molar-refractivity contribution is 0.198. The molecule has 0 atom stereocenters. The Bertz CT molecular complexity index is 765. The normalized spacial score (nSPS) is 15.0. The average molecular weight is 371 g/mol. The van der Waals surface area contributed by atoms with Gasteiger partial charge in [0.15, 0.2) is 17.5 Å². The number of hydrogen-bond acceptors (Lipinski definition) is 4. The van der Waals surface area contributed by atoms with E-state index in [0.29, 0.717) is 13.1 Å². The van der Waals surface area contributed by atoms with Gasteiger partial charge in [-0.2, -0.15) is 5.10 Å². The summed E-state index contributed by atoms with van der Waals surface area (Å²) >= 11 is 0. The third-order valence-electron chi connectivity index (χ3n) is 4.90. The van der Waals surface area contributed by atoms with Gasteiger partial charge in [0.05, 0.1) is 25.5 Å². The molecule has 1 aliphatic rings. The third-order valence-corrected chi connectivity index (χ3v) is 4.90. The van der Waals surface area contributed by atoms with E-state index in [1.165, 1.54) is 12.8 Å². The van der Waals surface area contributed by atoms with E-state index < -0.39 is 0 Å². The van der Waals surface area contributed by atoms with Crippen molar-refractivity contribution in [2.45, 2.75) is 44.9 Å². The third kappa shape index (κ3) is 4.93. The van der Waals surface area contributed by atoms with E-state index in [4.69, 9.17) is 9.47 Å². The zero-order valence-electron chi connectivity index (χ0n) is 16.4. The zero-order chi connectivity index (χ0) is 19.1. The predicted molar refractivity (Wildman–Crippen MR) is 106 cm³/mol. The topological polar surface area (TPSA) is 72.7 Å². The molecule has 0 saturated heterocycles. The van der Waals surface area contributed by atoms with Gasteiger partial charge >= 0.3 is 0 Å². The van der Waals surface area contributed by atoms with Crippen LogP contribution in [0.15, 0.2) is 35.5 Å². The quantitative estimate of drug-likeness (QED) is 0.578. The Labute approximate surface area is 160 Å². The molecule has 1 aromatic heterocycles. The Hall–Kier alpha value is -2.70. The van der Waals surface area contributed by atoms with Crippen LogP contribution in [0.2, 0.25) is 0 Å². The fourth-order valence-corrected chi connectivity index (χ4v) is 3.32. The summed E-state index contributed by atoms with van der Waals surface area (Å²) in [7, 11) is 5.37. The molecule has 3 rings (SSSR count). The second kappa shape index (κ2) is 9.30. The summed E-state index contributed by atoms with van der Waals surface area (Å²) in [6.45, 7) is 1.25. The molecule has 0 bridgehead atoms. The van der Waals surface area contributed by atoms with E-state index in [1.54, 1.807) is 20.4 Å². The molecule has 0 unspecified atom stereocenters. The number of methoxy groups -OCH3 is 1. The van der Waals surface area contributed by atoms with Gasteiger partial charge in [-0.15, -0.1) is 0 Å². The maximum Gasteiger partial charge on any atom is 0.191 e. The lowest BCUT2D eigenvalue weighted by Crippen LogP contribution is -2.36. The molecule has 1 fully saturated rings. The van der Waals surface area contributed by atoms with E-state index in [9.17, 15) is 0 Å². The first kappa shape index (κ1) is 19.1. The predicted octanol–water partition coefficient (Wildman–Crippen LogP) is 2.62. The van der Waals surface area contributed by atoms with E-state index >= 15 is 0 Å². The van der Waals surface area contributed by atoms with E-state index in [1.807, 2.05) is 29.9 Å². The molecule has 27 heavy (non-hydrogen) atoms. The minimum absolute atomic E-state index is 0.280. The average Bonchev–Trinajstić information content (AvgIpc) is 3.34. The second-order valence-electron chi connectivity index (χ2n) is 6.70. The number of nitrogens with zero attached hydrogens (tertiary/aromatic N) is 3. The number of nitrogens with one attached hydrogen (secondary N) is 2. The summed E-state index contributed by atoms with van der Waals surface area (Å²) in [5, 5.41) is 10.8. The van der Waals surface area contributed by atoms with Gasteiger partial charge in [-0.1, -0.05) is 12.1 Å². The maximum atomic E-state index is 6.29. The van der Waals surface area contributed by atoms with Gasteiger partial charge in [-0.05, 0) is 37.8 Å². The molecule has 1 saturated carbocycles. The molecule has 7 heteroatoms. The Kier molecular flexibility index (Phi) is 6.57. The molecule has 1 heterocycles. The molecule has 7 nitrogen and oxygen atoms in total. The highest BCUT2D eigenvalue weighted by Crippen LogP contribution is 2.34. The minimum Gasteiger partial charge on any atom is -0.493 e. The van der Waals surface area contributed by atoms with Crippen molar-refractivity contribution in [1.29, 1.82) is 0 Å². The highest BCUT2D eigenvalue weighted by atomic mass is 16.5. The van der Waals surface area contributed by atoms with Crippen molar-refractivity contribution in [1.82, 2.24) is 20.4 Å². The van der Waals surface area contributed by atoms with Crippen molar-refractivity contribution in [3.8, 4) is 11.5 Å². The maximum absolute atomic E-state index is 6.29. The number of ether oxygens (including phenoxy) is 2. The highest BCUT2D eigenvalue weighted by Gasteiger charge is 2.20. The molecule has 1 aromatic carbocycles. The summed E-state index contributed by atoms with van der Waals surface area (Å²) < 4.78 is 13.7. The van der Waals surface area contributed by atoms with E-state index in [-0.39, 0.29) is 6.10 Å². The number of aliphatic imine (C=N–C) groups is 1. The van der Waals surface area contributed by atoms with Crippen LogP contribution in [0.5, 0.6) is 11.5 Å². The van der Waals surface area contributed by atoms with Crippen LogP contribution in [0.1, 0.15) is 36.9 Å². The van der Waals surface area contributed by atoms with E-state index in [0.717, 1.165) is 41.6 Å². The number of benzene rings is 1. The van der Waals surface area contributed by atoms with Crippen molar-refractivity contribution >= 4 is 5.96 Å². The van der Waals surface area contributed by atoms with Gasteiger partial charge in [0.2, 0.25) is 0 Å². The van der Waals surface area contributed by atoms with Crippen LogP contribution >= 0.6 is 0 Å². The van der Waals surface area contributed by atoms with Gasteiger partial charge in [-0.3, -0.25) is 9.67 Å². The first-order valence-corrected chi connectivity index (χ1v) is 9.45. The molecule has 1 aliphatic carbocycles. The molecule has 0 aliphatic heterocycles. The number of aryl methyl sites for hydroxylation is 1. The van der Waals surface area contributed by atoms with Crippen LogP contribution in [0, 0.1) is 0 Å². The molecule has 2 aromatic rings. The summed E-state index contributed by atoms with van der Waals surface area (Å²) in [4.78, 5) is 4.30. The van der Waals surface area contributed by atoms with Crippen molar-refractivity contribution in [3.05, 3.63) is 41.7 Å². The van der Waals surface area contributed by atoms with Crippen LogP contribution in [-0.4, -0.2) is 36.0 Å². The Morgan fingerprint density at radius 1 is 1.22 bits per heavy atom. The van der Waals surface area contributed by atoms with Crippen molar-refractivity contribution < 1.29 is 9.47 Å². The van der Waals surface area contributed by atoms with Crippen molar-refractivity contribution in [3.63, 3.8) is 0 Å². The van der Waals surface area contributed by atoms with Crippen molar-refractivity contribution in [2.75, 3.05) is 14.2 Å². The first-order valence-electron chi connectivity index (χ1n) is 9.45. The van der Waals surface area contributed by atoms with Crippen LogP contribution in [0.3, 0.4) is 0 Å². The number of hydrogen-bond donors (Lipinski definition) is 2. The molecule has 0 radical (unpaired) electrons. The van der Waals surface area contributed by atoms with Crippen LogP contribution in [0.25, 0.3) is 0 Å². The van der Waals surface area contributed by atoms with Crippen LogP contribution in [0.4, 0.5) is 0 Å². The molecule has 146 valence electrons. The fraction of sp³-hybridized carbons (Fsp3) is 0.500. The van der Waals surface area contributed by atoms with Crippen molar-refractivity contribution in [2.24, 2.45) is 12.0 Å². The molecular weight excluding hydrogens is 342 g/mol. The van der Waals surface area contributed by atoms with E-state index in [2.05, 4.69) is 26.8 Å². The fourth-order valence-electron chi connectivity index (χ4n) is 3.32. The largest absolute Gasteiger partial charge is 0.493 e. The monoisotopic (exact) mass is 371 g/mol. The summed E-state index contributed by atoms with van der Waals surface area (Å²) in [5.74, 6) is 2.34. The Morgan fingerprint density at radius 3 is 2.67 bits per heavy atom. The van der Waals surface area contributed by atoms with Gasteiger partial charge in [0.25, 0.3) is 0 Å². The summed E-state index contributed by atoms with van der Waals surface area (Å²) in [6, 6.07) is 7.98. The smallest absolute Gasteiger partial charge is 0.191 e. The molecule has 2 N–H and O–H groups in total. The highest BCUT2D eigenvalue weighted by molar-refractivity contribution is 5.79. The van der Waals surface area contributed by atoms with Gasteiger partial charge in [-0.25, -0.2) is 0 Å². The standard InChI is InChI=1S/C20H29N5O2/c1-21-20(23-14-16-11-12-24-25(16)2)22-13-15-7-6-10-18(26-3)19(15)27-17-8-4-5-9-17/h6-7,10-12,17H,4-5,8-9,13-14H2,1-3H3,(H2,21,22,23). The summed E-state index contributed by atoms with van der Waals surface area (Å²) in [6.07, 6.45) is 6.76. The molecule has 0 spiro atoms. The number of rotatable bonds is 7. The first-order chi connectivity index (χ1) is 13.2. The van der Waals surface area contributed by atoms with Gasteiger partial charge in [0, 0.05) is 32.4 Å². The second-order valence-corrected chi connectivity index (χ2v) is 6.70. The van der Waals surface area contributed by atoms with Gasteiger partial charge in [0.1, 0.15) is 0 Å². The molecular formula is C20H29N5O2. The lowest BCUT2D eigenvalue weighted by atomic mass is 10.1. The number of guanidine groups is 1.